The SMILES string of the molecule is CCOC(=O)c1ccc(-c2ccccc2C(=O)O)cc1F. The molecule has 0 saturated heterocycles. The average molecular weight is 288 g/mol. The topological polar surface area (TPSA) is 63.6 Å². The number of carbonyl (C=O) groups is 2. The van der Waals surface area contributed by atoms with E-state index in [9.17, 15) is 14.0 Å². The summed E-state index contributed by atoms with van der Waals surface area (Å²) in [5.41, 5.74) is 0.673. The molecule has 0 amide bonds. The highest BCUT2D eigenvalue weighted by molar-refractivity contribution is 5.96. The van der Waals surface area contributed by atoms with Crippen LogP contribution >= 0.6 is 0 Å². The molecular weight excluding hydrogens is 275 g/mol. The Balaban J connectivity index is 2.46. The van der Waals surface area contributed by atoms with Crippen LogP contribution in [0.25, 0.3) is 11.1 Å². The minimum atomic E-state index is -1.10. The normalized spacial score (nSPS) is 10.2. The first-order valence-electron chi connectivity index (χ1n) is 6.34. The van der Waals surface area contributed by atoms with Crippen LogP contribution in [-0.4, -0.2) is 23.7 Å². The smallest absolute Gasteiger partial charge is 0.341 e. The zero-order valence-corrected chi connectivity index (χ0v) is 11.3. The number of benzene rings is 2. The Labute approximate surface area is 120 Å². The average Bonchev–Trinajstić information content (AvgIpc) is 2.47. The number of ether oxygens (including phenoxy) is 1. The molecular formula is C16H13FO4. The van der Waals surface area contributed by atoms with Crippen molar-refractivity contribution in [1.82, 2.24) is 0 Å². The number of carbonyl (C=O) groups excluding carboxylic acids is 1. The third-order valence-electron chi connectivity index (χ3n) is 2.93. The Bertz CT molecular complexity index is 694. The van der Waals surface area contributed by atoms with Gasteiger partial charge in [0.2, 0.25) is 0 Å². The van der Waals surface area contributed by atoms with E-state index in [-0.39, 0.29) is 17.7 Å². The summed E-state index contributed by atoms with van der Waals surface area (Å²) in [7, 11) is 0. The molecule has 0 bridgehead atoms. The first-order chi connectivity index (χ1) is 10.0. The van der Waals surface area contributed by atoms with Gasteiger partial charge in [-0.25, -0.2) is 14.0 Å². The Morgan fingerprint density at radius 3 is 2.48 bits per heavy atom. The van der Waals surface area contributed by atoms with Crippen LogP contribution < -0.4 is 0 Å². The van der Waals surface area contributed by atoms with E-state index < -0.39 is 17.8 Å². The molecule has 0 aromatic heterocycles. The molecule has 108 valence electrons. The van der Waals surface area contributed by atoms with Crippen LogP contribution in [0.15, 0.2) is 42.5 Å². The Hall–Kier alpha value is -2.69. The van der Waals surface area contributed by atoms with Crippen LogP contribution in [0.3, 0.4) is 0 Å². The zero-order valence-electron chi connectivity index (χ0n) is 11.3. The number of carboxylic acids is 1. The molecule has 2 aromatic rings. The molecule has 1 N–H and O–H groups in total. The van der Waals surface area contributed by atoms with Crippen molar-refractivity contribution < 1.29 is 23.8 Å². The van der Waals surface area contributed by atoms with Crippen molar-refractivity contribution in [1.29, 1.82) is 0 Å². The van der Waals surface area contributed by atoms with Gasteiger partial charge in [0.25, 0.3) is 0 Å². The minimum absolute atomic E-state index is 0.0702. The molecule has 0 heterocycles. The van der Waals surface area contributed by atoms with E-state index in [1.54, 1.807) is 25.1 Å². The Kier molecular flexibility index (Phi) is 4.33. The lowest BCUT2D eigenvalue weighted by Gasteiger charge is -2.08. The van der Waals surface area contributed by atoms with Crippen LogP contribution in [0, 0.1) is 5.82 Å². The van der Waals surface area contributed by atoms with Gasteiger partial charge in [0.05, 0.1) is 17.7 Å². The number of hydrogen-bond donors (Lipinski definition) is 1. The van der Waals surface area contributed by atoms with E-state index >= 15 is 0 Å². The van der Waals surface area contributed by atoms with Crippen molar-refractivity contribution in [3.8, 4) is 11.1 Å². The Morgan fingerprint density at radius 2 is 1.86 bits per heavy atom. The molecule has 2 aromatic carbocycles. The van der Waals surface area contributed by atoms with E-state index in [4.69, 9.17) is 9.84 Å². The highest BCUT2D eigenvalue weighted by atomic mass is 19.1. The lowest BCUT2D eigenvalue weighted by Crippen LogP contribution is -2.07. The summed E-state index contributed by atoms with van der Waals surface area (Å²) in [6, 6.07) is 10.2. The summed E-state index contributed by atoms with van der Waals surface area (Å²) < 4.78 is 18.7. The predicted molar refractivity (Wildman–Crippen MR) is 74.8 cm³/mol. The van der Waals surface area contributed by atoms with Crippen LogP contribution in [0.5, 0.6) is 0 Å². The molecule has 0 fully saturated rings. The van der Waals surface area contributed by atoms with Crippen molar-refractivity contribution >= 4 is 11.9 Å². The van der Waals surface area contributed by atoms with Gasteiger partial charge in [0.1, 0.15) is 5.82 Å². The molecule has 0 aliphatic heterocycles. The van der Waals surface area contributed by atoms with Crippen molar-refractivity contribution in [3.05, 3.63) is 59.4 Å². The summed E-state index contributed by atoms with van der Waals surface area (Å²) in [6.07, 6.45) is 0. The maximum Gasteiger partial charge on any atom is 0.341 e. The van der Waals surface area contributed by atoms with Crippen LogP contribution in [0.4, 0.5) is 4.39 Å². The molecule has 4 nitrogen and oxygen atoms in total. The molecule has 5 heteroatoms. The summed E-state index contributed by atoms with van der Waals surface area (Å²) in [6.45, 7) is 1.79. The number of esters is 1. The monoisotopic (exact) mass is 288 g/mol. The third-order valence-corrected chi connectivity index (χ3v) is 2.93. The van der Waals surface area contributed by atoms with Crippen molar-refractivity contribution in [2.75, 3.05) is 6.61 Å². The molecule has 0 spiro atoms. The summed E-state index contributed by atoms with van der Waals surface area (Å²) in [5, 5.41) is 9.14. The van der Waals surface area contributed by atoms with Gasteiger partial charge in [0.15, 0.2) is 0 Å². The van der Waals surface area contributed by atoms with E-state index in [1.807, 2.05) is 0 Å². The van der Waals surface area contributed by atoms with Gasteiger partial charge < -0.3 is 9.84 Å². The molecule has 0 aliphatic rings. The van der Waals surface area contributed by atoms with Gasteiger partial charge >= 0.3 is 11.9 Å². The van der Waals surface area contributed by atoms with E-state index in [1.165, 1.54) is 18.2 Å². The van der Waals surface area contributed by atoms with Gasteiger partial charge in [-0.3, -0.25) is 0 Å². The minimum Gasteiger partial charge on any atom is -0.478 e. The van der Waals surface area contributed by atoms with Gasteiger partial charge in [-0.15, -0.1) is 0 Å². The summed E-state index contributed by atoms with van der Waals surface area (Å²) >= 11 is 0. The fourth-order valence-electron chi connectivity index (χ4n) is 1.98. The zero-order chi connectivity index (χ0) is 15.4. The van der Waals surface area contributed by atoms with Crippen molar-refractivity contribution in [2.24, 2.45) is 0 Å². The molecule has 21 heavy (non-hydrogen) atoms. The highest BCUT2D eigenvalue weighted by Crippen LogP contribution is 2.26. The van der Waals surface area contributed by atoms with Gasteiger partial charge in [-0.2, -0.15) is 0 Å². The quantitative estimate of drug-likeness (QED) is 0.876. The second-order valence-electron chi connectivity index (χ2n) is 4.27. The second kappa shape index (κ2) is 6.17. The van der Waals surface area contributed by atoms with Crippen LogP contribution in [-0.2, 0) is 4.74 Å². The molecule has 2 rings (SSSR count). The maximum absolute atomic E-state index is 14.0. The standard InChI is InChI=1S/C16H13FO4/c1-2-21-16(20)13-8-7-10(9-14(13)17)11-5-3-4-6-12(11)15(18)19/h3-9H,2H2,1H3,(H,18,19). The van der Waals surface area contributed by atoms with Crippen molar-refractivity contribution in [2.45, 2.75) is 6.92 Å². The first-order valence-corrected chi connectivity index (χ1v) is 6.34. The number of aromatic carboxylic acids is 1. The predicted octanol–water partition coefficient (Wildman–Crippen LogP) is 3.37. The fourth-order valence-corrected chi connectivity index (χ4v) is 1.98. The summed E-state index contributed by atoms with van der Waals surface area (Å²) in [4.78, 5) is 22.7. The lowest BCUT2D eigenvalue weighted by atomic mass is 9.98. The summed E-state index contributed by atoms with van der Waals surface area (Å²) in [5.74, 6) is -2.58. The van der Waals surface area contributed by atoms with Crippen molar-refractivity contribution in [3.63, 3.8) is 0 Å². The second-order valence-corrected chi connectivity index (χ2v) is 4.27. The molecule has 0 radical (unpaired) electrons. The molecule has 0 saturated carbocycles. The van der Waals surface area contributed by atoms with Crippen LogP contribution in [0.1, 0.15) is 27.6 Å². The molecule has 0 unspecified atom stereocenters. The highest BCUT2D eigenvalue weighted by Gasteiger charge is 2.16. The third kappa shape index (κ3) is 3.08. The first kappa shape index (κ1) is 14.7. The maximum atomic E-state index is 14.0. The number of rotatable bonds is 4. The van der Waals surface area contributed by atoms with Gasteiger partial charge in [0, 0.05) is 0 Å². The number of halogens is 1. The number of carboxylic acid groups (broad SMARTS) is 1. The molecule has 0 aliphatic carbocycles. The van der Waals surface area contributed by atoms with E-state index in [0.717, 1.165) is 6.07 Å². The largest absolute Gasteiger partial charge is 0.478 e. The molecule has 0 atom stereocenters. The van der Waals surface area contributed by atoms with Gasteiger partial charge in [-0.1, -0.05) is 24.3 Å². The fraction of sp³-hybridized carbons (Fsp3) is 0.125. The lowest BCUT2D eigenvalue weighted by molar-refractivity contribution is 0.0520. The van der Waals surface area contributed by atoms with Crippen LogP contribution in [0.2, 0.25) is 0 Å². The van der Waals surface area contributed by atoms with E-state index in [0.29, 0.717) is 11.1 Å². The van der Waals surface area contributed by atoms with E-state index in [2.05, 4.69) is 0 Å². The number of hydrogen-bond acceptors (Lipinski definition) is 3. The Morgan fingerprint density at radius 1 is 1.14 bits per heavy atom. The van der Waals surface area contributed by atoms with Gasteiger partial charge in [-0.05, 0) is 36.2 Å².